The number of halogens is 1. The third-order valence-electron chi connectivity index (χ3n) is 4.55. The summed E-state index contributed by atoms with van der Waals surface area (Å²) < 4.78 is 0.936. The summed E-state index contributed by atoms with van der Waals surface area (Å²) in [5.41, 5.74) is 3.81. The van der Waals surface area contributed by atoms with E-state index in [1.54, 1.807) is 6.92 Å². The second kappa shape index (κ2) is 7.96. The highest BCUT2D eigenvalue weighted by molar-refractivity contribution is 9.10. The number of benzene rings is 2. The molecule has 27 heavy (non-hydrogen) atoms. The fourth-order valence-electron chi connectivity index (χ4n) is 3.05. The minimum absolute atomic E-state index is 0.250. The molecule has 1 aliphatic heterocycles. The van der Waals surface area contributed by atoms with E-state index in [0.29, 0.717) is 22.9 Å². The Kier molecular flexibility index (Phi) is 5.65. The van der Waals surface area contributed by atoms with Gasteiger partial charge in [0.25, 0.3) is 5.91 Å². The molecule has 1 heterocycles. The van der Waals surface area contributed by atoms with Crippen molar-refractivity contribution in [1.82, 2.24) is 10.6 Å². The van der Waals surface area contributed by atoms with Crippen molar-refractivity contribution in [3.63, 3.8) is 0 Å². The first-order valence-electron chi connectivity index (χ1n) is 8.80. The molecule has 5 nitrogen and oxygen atoms in total. The van der Waals surface area contributed by atoms with Crippen LogP contribution in [0.25, 0.3) is 0 Å². The molecule has 140 valence electrons. The second-order valence-corrected chi connectivity index (χ2v) is 7.77. The molecule has 2 aromatic rings. The number of hydrogen-bond donors (Lipinski definition) is 3. The summed E-state index contributed by atoms with van der Waals surface area (Å²) in [6.45, 7) is 6.00. The quantitative estimate of drug-likeness (QED) is 0.652. The van der Waals surface area contributed by atoms with E-state index in [4.69, 9.17) is 0 Å². The molecule has 2 aromatic carbocycles. The van der Waals surface area contributed by atoms with E-state index in [-0.39, 0.29) is 11.9 Å². The van der Waals surface area contributed by atoms with Crippen molar-refractivity contribution in [2.24, 2.45) is 0 Å². The van der Waals surface area contributed by atoms with Crippen molar-refractivity contribution >= 4 is 33.6 Å². The van der Waals surface area contributed by atoms with Crippen molar-refractivity contribution in [3.8, 4) is 0 Å². The zero-order valence-electron chi connectivity index (χ0n) is 15.5. The maximum atomic E-state index is 13.0. The summed E-state index contributed by atoms with van der Waals surface area (Å²) >= 11 is 3.38. The van der Waals surface area contributed by atoms with Crippen molar-refractivity contribution in [2.45, 2.75) is 32.7 Å². The second-order valence-electron chi connectivity index (χ2n) is 6.85. The van der Waals surface area contributed by atoms with Crippen molar-refractivity contribution in [2.75, 3.05) is 5.32 Å². The summed E-state index contributed by atoms with van der Waals surface area (Å²) in [6.07, 6.45) is 0. The lowest BCUT2D eigenvalue weighted by Crippen LogP contribution is -2.45. The Bertz CT molecular complexity index is 887. The first-order chi connectivity index (χ1) is 12.8. The lowest BCUT2D eigenvalue weighted by atomic mass is 9.92. The number of carbonyl (C=O) groups is 2. The highest BCUT2D eigenvalue weighted by atomic mass is 79.9. The summed E-state index contributed by atoms with van der Waals surface area (Å²) in [6, 6.07) is 14.5. The fraction of sp³-hybridized carbons (Fsp3) is 0.238. The lowest BCUT2D eigenvalue weighted by molar-refractivity contribution is -0.113. The lowest BCUT2D eigenvalue weighted by Gasteiger charge is -2.29. The molecule has 3 amide bonds. The molecule has 0 saturated heterocycles. The van der Waals surface area contributed by atoms with Crippen LogP contribution < -0.4 is 16.0 Å². The van der Waals surface area contributed by atoms with Gasteiger partial charge in [-0.2, -0.15) is 0 Å². The van der Waals surface area contributed by atoms with Gasteiger partial charge in [-0.25, -0.2) is 4.79 Å². The SMILES string of the molecule is CC1=C(C(=O)Nc2ccc(Br)cc2)C(c2ccc(C(C)C)cc2)NC(=O)N1. The normalized spacial score (nSPS) is 16.8. The van der Waals surface area contributed by atoms with E-state index >= 15 is 0 Å². The fourth-order valence-corrected chi connectivity index (χ4v) is 3.31. The Balaban J connectivity index is 1.91. The smallest absolute Gasteiger partial charge is 0.319 e. The molecule has 0 saturated carbocycles. The number of amides is 3. The van der Waals surface area contributed by atoms with Crippen LogP contribution in [0.1, 0.15) is 43.9 Å². The van der Waals surface area contributed by atoms with E-state index in [1.807, 2.05) is 48.5 Å². The Morgan fingerprint density at radius 1 is 1.07 bits per heavy atom. The van der Waals surface area contributed by atoms with Gasteiger partial charge in [0.15, 0.2) is 0 Å². The molecule has 0 bridgehead atoms. The molecule has 1 atom stereocenters. The molecular formula is C21H22BrN3O2. The first kappa shape index (κ1) is 19.2. The van der Waals surface area contributed by atoms with Crippen LogP contribution in [-0.2, 0) is 4.79 Å². The van der Waals surface area contributed by atoms with Crippen LogP contribution in [0, 0.1) is 0 Å². The topological polar surface area (TPSA) is 70.2 Å². The van der Waals surface area contributed by atoms with Crippen LogP contribution in [0.2, 0.25) is 0 Å². The Morgan fingerprint density at radius 2 is 1.70 bits per heavy atom. The highest BCUT2D eigenvalue weighted by Gasteiger charge is 2.31. The maximum absolute atomic E-state index is 13.0. The van der Waals surface area contributed by atoms with Gasteiger partial charge < -0.3 is 16.0 Å². The van der Waals surface area contributed by atoms with Gasteiger partial charge in [-0.3, -0.25) is 4.79 Å². The zero-order valence-corrected chi connectivity index (χ0v) is 17.1. The maximum Gasteiger partial charge on any atom is 0.319 e. The Hall–Kier alpha value is -2.60. The average Bonchev–Trinajstić information content (AvgIpc) is 2.63. The van der Waals surface area contributed by atoms with Gasteiger partial charge >= 0.3 is 6.03 Å². The number of urea groups is 1. The van der Waals surface area contributed by atoms with Crippen LogP contribution in [0.4, 0.5) is 10.5 Å². The molecule has 6 heteroatoms. The molecule has 3 N–H and O–H groups in total. The largest absolute Gasteiger partial charge is 0.327 e. The monoisotopic (exact) mass is 427 g/mol. The van der Waals surface area contributed by atoms with Crippen molar-refractivity contribution in [1.29, 1.82) is 0 Å². The molecule has 1 unspecified atom stereocenters. The number of allylic oxidation sites excluding steroid dienone is 1. The van der Waals surface area contributed by atoms with Crippen LogP contribution in [0.3, 0.4) is 0 Å². The minimum Gasteiger partial charge on any atom is -0.327 e. The molecule has 0 radical (unpaired) electrons. The minimum atomic E-state index is -0.504. The van der Waals surface area contributed by atoms with E-state index in [1.165, 1.54) is 5.56 Å². The third-order valence-corrected chi connectivity index (χ3v) is 5.08. The molecular weight excluding hydrogens is 406 g/mol. The van der Waals surface area contributed by atoms with Crippen LogP contribution in [0.15, 0.2) is 64.3 Å². The van der Waals surface area contributed by atoms with Crippen LogP contribution in [0.5, 0.6) is 0 Å². The number of rotatable bonds is 4. The van der Waals surface area contributed by atoms with Gasteiger partial charge in [0.1, 0.15) is 0 Å². The van der Waals surface area contributed by atoms with Gasteiger partial charge in [-0.15, -0.1) is 0 Å². The number of hydrogen-bond acceptors (Lipinski definition) is 2. The van der Waals surface area contributed by atoms with Crippen LogP contribution >= 0.6 is 15.9 Å². The van der Waals surface area contributed by atoms with Crippen LogP contribution in [-0.4, -0.2) is 11.9 Å². The summed E-state index contributed by atoms with van der Waals surface area (Å²) in [4.78, 5) is 25.0. The van der Waals surface area contributed by atoms with Gasteiger partial charge in [0, 0.05) is 15.9 Å². The molecule has 3 rings (SSSR count). The predicted molar refractivity (Wildman–Crippen MR) is 110 cm³/mol. The van der Waals surface area contributed by atoms with Gasteiger partial charge in [0.05, 0.1) is 11.6 Å². The highest BCUT2D eigenvalue weighted by Crippen LogP contribution is 2.29. The first-order valence-corrected chi connectivity index (χ1v) is 9.59. The Morgan fingerprint density at radius 3 is 2.30 bits per heavy atom. The number of carbonyl (C=O) groups excluding carboxylic acids is 2. The molecule has 0 aliphatic carbocycles. The molecule has 0 fully saturated rings. The van der Waals surface area contributed by atoms with Crippen molar-refractivity contribution in [3.05, 3.63) is 75.4 Å². The predicted octanol–water partition coefficient (Wildman–Crippen LogP) is 4.84. The standard InChI is InChI=1S/C21H22BrN3O2/c1-12(2)14-4-6-15(7-5-14)19-18(13(3)23-21(27)25-19)20(26)24-17-10-8-16(22)9-11-17/h4-12,19H,1-3H3,(H,24,26)(H2,23,25,27). The summed E-state index contributed by atoms with van der Waals surface area (Å²) in [5.74, 6) is 0.166. The van der Waals surface area contributed by atoms with E-state index in [9.17, 15) is 9.59 Å². The van der Waals surface area contributed by atoms with Crippen molar-refractivity contribution < 1.29 is 9.59 Å². The van der Waals surface area contributed by atoms with Gasteiger partial charge in [0.2, 0.25) is 0 Å². The average molecular weight is 428 g/mol. The van der Waals surface area contributed by atoms with Gasteiger partial charge in [-0.1, -0.05) is 54.0 Å². The Labute approximate surface area is 167 Å². The van der Waals surface area contributed by atoms with Gasteiger partial charge in [-0.05, 0) is 48.2 Å². The molecule has 0 spiro atoms. The van der Waals surface area contributed by atoms with E-state index in [2.05, 4.69) is 45.7 Å². The van der Waals surface area contributed by atoms with E-state index in [0.717, 1.165) is 10.0 Å². The summed E-state index contributed by atoms with van der Waals surface area (Å²) in [7, 11) is 0. The number of nitrogens with one attached hydrogen (secondary N) is 3. The van der Waals surface area contributed by atoms with E-state index < -0.39 is 6.04 Å². The third kappa shape index (κ3) is 4.39. The molecule has 0 aromatic heterocycles. The molecule has 1 aliphatic rings. The number of anilines is 1. The summed E-state index contributed by atoms with van der Waals surface area (Å²) in [5, 5.41) is 8.46. The zero-order chi connectivity index (χ0) is 19.6.